The van der Waals surface area contributed by atoms with Gasteiger partial charge in [-0.3, -0.25) is 4.79 Å². The number of carbonyl (C=O) groups excluding carboxylic acids is 1. The number of aliphatic carboxylic acids is 1. The monoisotopic (exact) mass is 280 g/mol. The van der Waals surface area contributed by atoms with Crippen LogP contribution in [0.1, 0.15) is 24.5 Å². The normalized spacial score (nSPS) is 22.8. The second-order valence-electron chi connectivity index (χ2n) is 5.15. The first-order valence-electron chi connectivity index (χ1n) is 6.65. The number of morpholine rings is 1. The Hall–Kier alpha value is -1.96. The van der Waals surface area contributed by atoms with Crippen LogP contribution in [0, 0.1) is 0 Å². The lowest BCUT2D eigenvalue weighted by Crippen LogP contribution is -2.49. The highest BCUT2D eigenvalue weighted by atomic mass is 16.5. The predicted molar refractivity (Wildman–Crippen MR) is 66.0 cm³/mol. The zero-order chi connectivity index (χ0) is 14.1. The Bertz CT molecular complexity index is 525. The quantitative estimate of drug-likeness (QED) is 0.796. The second kappa shape index (κ2) is 5.20. The minimum absolute atomic E-state index is 0.0817. The molecule has 2 aliphatic rings. The molecule has 1 aliphatic heterocycles. The maximum Gasteiger partial charge on any atom is 0.334 e. The fourth-order valence-corrected chi connectivity index (χ4v) is 2.22. The van der Waals surface area contributed by atoms with Gasteiger partial charge in [0.15, 0.2) is 6.10 Å². The van der Waals surface area contributed by atoms with Crippen molar-refractivity contribution < 1.29 is 19.4 Å². The van der Waals surface area contributed by atoms with Crippen LogP contribution in [0.15, 0.2) is 6.20 Å². The summed E-state index contributed by atoms with van der Waals surface area (Å²) < 4.78 is 6.60. The number of carbonyl (C=O) groups is 2. The average molecular weight is 280 g/mol. The molecule has 3 rings (SSSR count). The topological polar surface area (TPSA) is 97.6 Å². The Morgan fingerprint density at radius 2 is 2.25 bits per heavy atom. The van der Waals surface area contributed by atoms with Gasteiger partial charge in [-0.15, -0.1) is 5.10 Å². The molecular weight excluding hydrogens is 264 g/mol. The van der Waals surface area contributed by atoms with Gasteiger partial charge in [-0.05, 0) is 12.8 Å². The largest absolute Gasteiger partial charge is 0.479 e. The van der Waals surface area contributed by atoms with Crippen molar-refractivity contribution in [2.24, 2.45) is 0 Å². The molecule has 1 amide bonds. The van der Waals surface area contributed by atoms with E-state index in [1.54, 1.807) is 6.20 Å². The predicted octanol–water partition coefficient (Wildman–Crippen LogP) is -0.532. The van der Waals surface area contributed by atoms with Gasteiger partial charge in [-0.1, -0.05) is 5.21 Å². The number of carboxylic acid groups (broad SMARTS) is 1. The van der Waals surface area contributed by atoms with E-state index in [1.165, 1.54) is 9.58 Å². The van der Waals surface area contributed by atoms with Gasteiger partial charge in [0, 0.05) is 18.7 Å². The summed E-state index contributed by atoms with van der Waals surface area (Å²) in [6, 6.07) is 0. The van der Waals surface area contributed by atoms with Crippen LogP contribution in [-0.2, 0) is 20.9 Å². The van der Waals surface area contributed by atoms with Crippen LogP contribution in [-0.4, -0.2) is 62.7 Å². The van der Waals surface area contributed by atoms with Gasteiger partial charge in [0.2, 0.25) is 5.91 Å². The number of hydrogen-bond acceptors (Lipinski definition) is 5. The van der Waals surface area contributed by atoms with Gasteiger partial charge in [0.05, 0.1) is 18.8 Å². The van der Waals surface area contributed by atoms with Crippen molar-refractivity contribution >= 4 is 11.9 Å². The van der Waals surface area contributed by atoms with Crippen LogP contribution in [0.2, 0.25) is 0 Å². The van der Waals surface area contributed by atoms with Crippen molar-refractivity contribution in [1.29, 1.82) is 0 Å². The van der Waals surface area contributed by atoms with Crippen LogP contribution >= 0.6 is 0 Å². The molecule has 0 unspecified atom stereocenters. The zero-order valence-corrected chi connectivity index (χ0v) is 10.9. The molecule has 1 saturated heterocycles. The molecule has 1 aliphatic carbocycles. The summed E-state index contributed by atoms with van der Waals surface area (Å²) in [4.78, 5) is 24.5. The number of rotatable bonds is 4. The highest BCUT2D eigenvalue weighted by molar-refractivity contribution is 5.78. The van der Waals surface area contributed by atoms with Gasteiger partial charge in [-0.2, -0.15) is 0 Å². The highest BCUT2D eigenvalue weighted by Crippen LogP contribution is 2.38. The van der Waals surface area contributed by atoms with Crippen molar-refractivity contribution in [2.45, 2.75) is 31.4 Å². The van der Waals surface area contributed by atoms with Crippen molar-refractivity contribution in [3.8, 4) is 0 Å². The summed E-state index contributed by atoms with van der Waals surface area (Å²) in [7, 11) is 0. The molecule has 0 spiro atoms. The van der Waals surface area contributed by atoms with Crippen LogP contribution < -0.4 is 0 Å². The van der Waals surface area contributed by atoms with E-state index >= 15 is 0 Å². The number of carboxylic acids is 1. The van der Waals surface area contributed by atoms with E-state index in [-0.39, 0.29) is 25.6 Å². The van der Waals surface area contributed by atoms with E-state index in [0.717, 1.165) is 18.5 Å². The first-order chi connectivity index (χ1) is 9.63. The third-order valence-corrected chi connectivity index (χ3v) is 3.54. The van der Waals surface area contributed by atoms with Crippen molar-refractivity contribution in [3.05, 3.63) is 11.9 Å². The SMILES string of the molecule is O=C(O)[C@H]1CN(C(=O)Cn2cc(C3CC3)nn2)CCO1. The minimum atomic E-state index is -1.04. The molecule has 2 fully saturated rings. The average Bonchev–Trinajstić information content (AvgIpc) is 3.20. The Morgan fingerprint density at radius 3 is 2.95 bits per heavy atom. The maximum absolute atomic E-state index is 12.1. The Morgan fingerprint density at radius 1 is 1.45 bits per heavy atom. The number of aromatic nitrogens is 3. The Labute approximate surface area is 115 Å². The molecule has 1 saturated carbocycles. The van der Waals surface area contributed by atoms with Crippen LogP contribution in [0.25, 0.3) is 0 Å². The first-order valence-corrected chi connectivity index (χ1v) is 6.65. The molecule has 1 N–H and O–H groups in total. The summed E-state index contributed by atoms with van der Waals surface area (Å²) in [5, 5.41) is 16.9. The van der Waals surface area contributed by atoms with Crippen LogP contribution in [0.5, 0.6) is 0 Å². The second-order valence-corrected chi connectivity index (χ2v) is 5.15. The number of nitrogens with zero attached hydrogens (tertiary/aromatic N) is 4. The van der Waals surface area contributed by atoms with Crippen molar-refractivity contribution in [1.82, 2.24) is 19.9 Å². The molecule has 0 aromatic carbocycles. The van der Waals surface area contributed by atoms with Crippen molar-refractivity contribution in [2.75, 3.05) is 19.7 Å². The number of amides is 1. The summed E-state index contributed by atoms with van der Waals surface area (Å²) in [5.74, 6) is -0.704. The standard InChI is InChI=1S/C12H16N4O4/c17-11(15-3-4-20-10(6-15)12(18)19)7-16-5-9(13-14-16)8-1-2-8/h5,8,10H,1-4,6-7H2,(H,18,19)/t10-/m1/s1. The molecule has 8 nitrogen and oxygen atoms in total. The van der Waals surface area contributed by atoms with E-state index in [4.69, 9.17) is 9.84 Å². The lowest BCUT2D eigenvalue weighted by molar-refractivity contribution is -0.159. The Balaban J connectivity index is 1.58. The summed E-state index contributed by atoms with van der Waals surface area (Å²) in [6.45, 7) is 0.824. The summed E-state index contributed by atoms with van der Waals surface area (Å²) in [6.07, 6.45) is 3.13. The molecular formula is C12H16N4O4. The third kappa shape index (κ3) is 2.79. The van der Waals surface area contributed by atoms with Gasteiger partial charge >= 0.3 is 5.97 Å². The fraction of sp³-hybridized carbons (Fsp3) is 0.667. The molecule has 20 heavy (non-hydrogen) atoms. The molecule has 0 bridgehead atoms. The zero-order valence-electron chi connectivity index (χ0n) is 10.9. The summed E-state index contributed by atoms with van der Waals surface area (Å²) >= 11 is 0. The molecule has 8 heteroatoms. The molecule has 1 atom stereocenters. The van der Waals surface area contributed by atoms with Gasteiger partial charge < -0.3 is 14.7 Å². The first kappa shape index (κ1) is 13.0. The molecule has 0 radical (unpaired) electrons. The van der Waals surface area contributed by atoms with E-state index in [1.807, 2.05) is 0 Å². The van der Waals surface area contributed by atoms with Gasteiger partial charge in [0.25, 0.3) is 0 Å². The van der Waals surface area contributed by atoms with E-state index < -0.39 is 12.1 Å². The van der Waals surface area contributed by atoms with Crippen LogP contribution in [0.3, 0.4) is 0 Å². The summed E-state index contributed by atoms with van der Waals surface area (Å²) in [5.41, 5.74) is 0.934. The third-order valence-electron chi connectivity index (χ3n) is 3.54. The maximum atomic E-state index is 12.1. The lowest BCUT2D eigenvalue weighted by Gasteiger charge is -2.30. The molecule has 2 heterocycles. The van der Waals surface area contributed by atoms with E-state index in [2.05, 4.69) is 10.3 Å². The van der Waals surface area contributed by atoms with E-state index in [0.29, 0.717) is 12.5 Å². The van der Waals surface area contributed by atoms with E-state index in [9.17, 15) is 9.59 Å². The molecule has 1 aromatic heterocycles. The molecule has 1 aromatic rings. The lowest BCUT2D eigenvalue weighted by atomic mass is 10.2. The smallest absolute Gasteiger partial charge is 0.334 e. The molecule has 108 valence electrons. The van der Waals surface area contributed by atoms with Gasteiger partial charge in [-0.25, -0.2) is 9.48 Å². The van der Waals surface area contributed by atoms with Gasteiger partial charge in [0.1, 0.15) is 6.54 Å². The minimum Gasteiger partial charge on any atom is -0.479 e. The highest BCUT2D eigenvalue weighted by Gasteiger charge is 2.30. The Kier molecular flexibility index (Phi) is 3.39. The number of hydrogen-bond donors (Lipinski definition) is 1. The van der Waals surface area contributed by atoms with Crippen molar-refractivity contribution in [3.63, 3.8) is 0 Å². The number of ether oxygens (including phenoxy) is 1. The fourth-order valence-electron chi connectivity index (χ4n) is 2.22. The van der Waals surface area contributed by atoms with Crippen LogP contribution in [0.4, 0.5) is 0 Å².